The molecule has 0 aliphatic carbocycles. The van der Waals surface area contributed by atoms with Crippen LogP contribution in [0.4, 0.5) is 23.1 Å². The van der Waals surface area contributed by atoms with E-state index in [0.717, 1.165) is 40.1 Å². The topological polar surface area (TPSA) is 80.1 Å². The summed E-state index contributed by atoms with van der Waals surface area (Å²) in [6, 6.07) is 18.2. The van der Waals surface area contributed by atoms with Crippen LogP contribution in [0.3, 0.4) is 0 Å². The number of aryl methyl sites for hydroxylation is 2. The Morgan fingerprint density at radius 3 is 2.64 bits per heavy atom. The van der Waals surface area contributed by atoms with Gasteiger partial charge in [0.2, 0.25) is 0 Å². The number of nitrogens with zero attached hydrogens (tertiary/aromatic N) is 3. The van der Waals surface area contributed by atoms with Crippen molar-refractivity contribution in [3.8, 4) is 5.75 Å². The Labute approximate surface area is 164 Å². The summed E-state index contributed by atoms with van der Waals surface area (Å²) in [7, 11) is 1.65. The van der Waals surface area contributed by atoms with Gasteiger partial charge in [-0.1, -0.05) is 19.1 Å². The van der Waals surface area contributed by atoms with Crippen LogP contribution in [0.1, 0.15) is 18.2 Å². The van der Waals surface area contributed by atoms with E-state index in [1.165, 1.54) is 5.56 Å². The zero-order valence-corrected chi connectivity index (χ0v) is 16.2. The number of hydrogen-bond donors (Lipinski definition) is 2. The molecule has 0 fully saturated rings. The number of hydrogen-bond acceptors (Lipinski definition) is 5. The molecule has 0 bridgehead atoms. The molecular formula is C22H23N5O. The zero-order chi connectivity index (χ0) is 19.7. The third kappa shape index (κ3) is 3.24. The number of pyridine rings is 1. The summed E-state index contributed by atoms with van der Waals surface area (Å²) >= 11 is 0. The number of anilines is 4. The molecule has 4 rings (SSSR count). The lowest BCUT2D eigenvalue weighted by atomic mass is 10.1. The normalized spacial score (nSPS) is 11.0. The number of H-pyrrole nitrogens is 1. The molecule has 28 heavy (non-hydrogen) atoms. The standard InChI is InChI=1S/C22H23N5O/c1-4-15-6-5-7-17(11-15)27(21-10-14(2)25-26-21)20-13-16-12-18(28-3)8-9-19(16)22(23)24-20/h5-13H,4H2,1-3H3,(H2,23,24)(H,25,26). The molecule has 0 atom stereocenters. The van der Waals surface area contributed by atoms with Gasteiger partial charge in [-0.15, -0.1) is 0 Å². The van der Waals surface area contributed by atoms with E-state index in [9.17, 15) is 0 Å². The van der Waals surface area contributed by atoms with Gasteiger partial charge >= 0.3 is 0 Å². The molecule has 2 aromatic carbocycles. The number of nitrogen functional groups attached to an aromatic ring is 1. The molecule has 0 spiro atoms. The lowest BCUT2D eigenvalue weighted by Crippen LogP contribution is -2.13. The number of aromatic nitrogens is 3. The van der Waals surface area contributed by atoms with Gasteiger partial charge in [-0.25, -0.2) is 4.98 Å². The first kappa shape index (κ1) is 17.9. The maximum Gasteiger partial charge on any atom is 0.160 e. The Hall–Kier alpha value is -3.54. The highest BCUT2D eigenvalue weighted by Crippen LogP contribution is 2.36. The summed E-state index contributed by atoms with van der Waals surface area (Å²) in [5, 5.41) is 9.34. The molecule has 0 aliphatic heterocycles. The lowest BCUT2D eigenvalue weighted by Gasteiger charge is -2.23. The predicted molar refractivity (Wildman–Crippen MR) is 114 cm³/mol. The van der Waals surface area contributed by atoms with E-state index in [-0.39, 0.29) is 0 Å². The first-order valence-corrected chi connectivity index (χ1v) is 9.24. The predicted octanol–water partition coefficient (Wildman–Crippen LogP) is 4.89. The number of methoxy groups -OCH3 is 1. The Morgan fingerprint density at radius 2 is 1.93 bits per heavy atom. The summed E-state index contributed by atoms with van der Waals surface area (Å²) in [5.74, 6) is 2.72. The number of nitrogens with one attached hydrogen (secondary N) is 1. The molecule has 0 saturated heterocycles. The van der Waals surface area contributed by atoms with Gasteiger partial charge in [0.15, 0.2) is 5.82 Å². The van der Waals surface area contributed by atoms with Crippen molar-refractivity contribution in [2.24, 2.45) is 0 Å². The number of nitrogens with two attached hydrogens (primary N) is 1. The fraction of sp³-hybridized carbons (Fsp3) is 0.182. The maximum atomic E-state index is 6.30. The number of fused-ring (bicyclic) bond motifs is 1. The molecule has 4 aromatic rings. The van der Waals surface area contributed by atoms with Crippen LogP contribution < -0.4 is 15.4 Å². The van der Waals surface area contributed by atoms with Crippen molar-refractivity contribution < 1.29 is 4.74 Å². The van der Waals surface area contributed by atoms with E-state index < -0.39 is 0 Å². The molecule has 0 unspecified atom stereocenters. The van der Waals surface area contributed by atoms with Gasteiger partial charge in [-0.2, -0.15) is 5.10 Å². The quantitative estimate of drug-likeness (QED) is 0.521. The van der Waals surface area contributed by atoms with Crippen molar-refractivity contribution in [3.63, 3.8) is 0 Å². The van der Waals surface area contributed by atoms with Gasteiger partial charge in [-0.05, 0) is 60.7 Å². The minimum atomic E-state index is 0.471. The lowest BCUT2D eigenvalue weighted by molar-refractivity contribution is 0.415. The molecule has 0 aliphatic rings. The van der Waals surface area contributed by atoms with Crippen LogP contribution in [0.2, 0.25) is 0 Å². The molecule has 2 heterocycles. The highest BCUT2D eigenvalue weighted by atomic mass is 16.5. The summed E-state index contributed by atoms with van der Waals surface area (Å²) in [4.78, 5) is 6.70. The van der Waals surface area contributed by atoms with Gasteiger partial charge < -0.3 is 10.5 Å². The molecule has 142 valence electrons. The molecule has 6 nitrogen and oxygen atoms in total. The highest BCUT2D eigenvalue weighted by molar-refractivity contribution is 5.95. The number of ether oxygens (including phenoxy) is 1. The monoisotopic (exact) mass is 373 g/mol. The fourth-order valence-electron chi connectivity index (χ4n) is 3.31. The summed E-state index contributed by atoms with van der Waals surface area (Å²) in [5.41, 5.74) is 9.50. The van der Waals surface area contributed by atoms with Crippen LogP contribution in [0, 0.1) is 6.92 Å². The van der Waals surface area contributed by atoms with Crippen LogP contribution in [-0.4, -0.2) is 22.3 Å². The average Bonchev–Trinajstić information content (AvgIpc) is 3.13. The summed E-state index contributed by atoms with van der Waals surface area (Å²) in [6.07, 6.45) is 0.950. The molecule has 0 amide bonds. The van der Waals surface area contributed by atoms with Crippen molar-refractivity contribution in [1.29, 1.82) is 0 Å². The Morgan fingerprint density at radius 1 is 1.07 bits per heavy atom. The Kier molecular flexibility index (Phi) is 4.61. The van der Waals surface area contributed by atoms with Crippen LogP contribution in [0.25, 0.3) is 10.8 Å². The zero-order valence-electron chi connectivity index (χ0n) is 16.2. The second-order valence-electron chi connectivity index (χ2n) is 6.72. The van der Waals surface area contributed by atoms with Crippen LogP contribution in [0.5, 0.6) is 5.75 Å². The van der Waals surface area contributed by atoms with Crippen LogP contribution in [-0.2, 0) is 6.42 Å². The molecular weight excluding hydrogens is 350 g/mol. The SMILES string of the molecule is CCc1cccc(N(c2cc(C)[nH]n2)c2cc3cc(OC)ccc3c(N)n2)c1. The fourth-order valence-corrected chi connectivity index (χ4v) is 3.31. The third-order valence-corrected chi connectivity index (χ3v) is 4.78. The minimum Gasteiger partial charge on any atom is -0.497 e. The van der Waals surface area contributed by atoms with Crippen molar-refractivity contribution in [2.45, 2.75) is 20.3 Å². The van der Waals surface area contributed by atoms with Gasteiger partial charge in [-0.3, -0.25) is 10.00 Å². The largest absolute Gasteiger partial charge is 0.497 e. The molecule has 3 N–H and O–H groups in total. The first-order chi connectivity index (χ1) is 13.6. The first-order valence-electron chi connectivity index (χ1n) is 9.24. The van der Waals surface area contributed by atoms with E-state index in [1.54, 1.807) is 7.11 Å². The highest BCUT2D eigenvalue weighted by Gasteiger charge is 2.18. The van der Waals surface area contributed by atoms with Crippen LogP contribution in [0.15, 0.2) is 54.6 Å². The van der Waals surface area contributed by atoms with E-state index in [4.69, 9.17) is 10.5 Å². The maximum absolute atomic E-state index is 6.30. The Balaban J connectivity index is 1.93. The van der Waals surface area contributed by atoms with Crippen LogP contribution >= 0.6 is 0 Å². The van der Waals surface area contributed by atoms with Gasteiger partial charge in [0.25, 0.3) is 0 Å². The minimum absolute atomic E-state index is 0.471. The second kappa shape index (κ2) is 7.23. The smallest absolute Gasteiger partial charge is 0.160 e. The molecule has 0 radical (unpaired) electrons. The van der Waals surface area contributed by atoms with E-state index >= 15 is 0 Å². The van der Waals surface area contributed by atoms with Gasteiger partial charge in [0.05, 0.1) is 7.11 Å². The van der Waals surface area contributed by atoms with Crippen molar-refractivity contribution >= 4 is 33.9 Å². The number of benzene rings is 2. The van der Waals surface area contributed by atoms with E-state index in [2.05, 4.69) is 40.3 Å². The average molecular weight is 373 g/mol. The third-order valence-electron chi connectivity index (χ3n) is 4.78. The summed E-state index contributed by atoms with van der Waals surface area (Å²) in [6.45, 7) is 4.12. The van der Waals surface area contributed by atoms with Crippen molar-refractivity contribution in [2.75, 3.05) is 17.7 Å². The van der Waals surface area contributed by atoms with E-state index in [0.29, 0.717) is 11.6 Å². The van der Waals surface area contributed by atoms with Crippen molar-refractivity contribution in [1.82, 2.24) is 15.2 Å². The molecule has 0 saturated carbocycles. The van der Waals surface area contributed by atoms with Gasteiger partial charge in [0.1, 0.15) is 17.4 Å². The number of aromatic amines is 1. The Bertz CT molecular complexity index is 1130. The van der Waals surface area contributed by atoms with E-state index in [1.807, 2.05) is 48.2 Å². The van der Waals surface area contributed by atoms with Crippen molar-refractivity contribution in [3.05, 3.63) is 65.9 Å². The summed E-state index contributed by atoms with van der Waals surface area (Å²) < 4.78 is 5.37. The number of rotatable bonds is 5. The molecule has 2 aromatic heterocycles. The van der Waals surface area contributed by atoms with Gasteiger partial charge in [0, 0.05) is 22.8 Å². The second-order valence-corrected chi connectivity index (χ2v) is 6.72. The molecule has 6 heteroatoms.